The molecule has 0 saturated heterocycles. The van der Waals surface area contributed by atoms with E-state index in [0.29, 0.717) is 5.75 Å². The van der Waals surface area contributed by atoms with Crippen molar-refractivity contribution in [2.45, 2.75) is 19.6 Å². The van der Waals surface area contributed by atoms with Gasteiger partial charge in [0.05, 0.1) is 22.6 Å². The molecule has 142 valence electrons. The molecule has 0 aliphatic rings. The van der Waals surface area contributed by atoms with E-state index in [2.05, 4.69) is 5.32 Å². The molecule has 0 aromatic heterocycles. The van der Waals surface area contributed by atoms with E-state index in [1.807, 2.05) is 0 Å². The number of esters is 1. The van der Waals surface area contributed by atoms with Crippen molar-refractivity contribution in [3.05, 3.63) is 68.7 Å². The van der Waals surface area contributed by atoms with Crippen LogP contribution in [-0.4, -0.2) is 30.0 Å². The molecule has 2 rings (SSSR count). The third-order valence-corrected chi connectivity index (χ3v) is 3.97. The highest BCUT2D eigenvalue weighted by atomic mass is 35.5. The number of amides is 1. The Morgan fingerprint density at radius 3 is 2.44 bits per heavy atom. The van der Waals surface area contributed by atoms with Gasteiger partial charge >= 0.3 is 5.97 Å². The first-order chi connectivity index (χ1) is 12.8. The van der Waals surface area contributed by atoms with Crippen molar-refractivity contribution in [3.8, 4) is 5.75 Å². The van der Waals surface area contributed by atoms with Gasteiger partial charge in [0.15, 0.2) is 6.10 Å². The van der Waals surface area contributed by atoms with E-state index in [0.717, 1.165) is 17.7 Å². The van der Waals surface area contributed by atoms with Crippen molar-refractivity contribution in [3.63, 3.8) is 0 Å². The van der Waals surface area contributed by atoms with Gasteiger partial charge in [-0.1, -0.05) is 23.7 Å². The van der Waals surface area contributed by atoms with E-state index in [4.69, 9.17) is 21.1 Å². The van der Waals surface area contributed by atoms with Crippen molar-refractivity contribution in [1.82, 2.24) is 5.32 Å². The maximum atomic E-state index is 12.1. The quantitative estimate of drug-likeness (QED) is 0.440. The summed E-state index contributed by atoms with van der Waals surface area (Å²) < 4.78 is 10.1. The van der Waals surface area contributed by atoms with E-state index >= 15 is 0 Å². The maximum absolute atomic E-state index is 12.1. The zero-order chi connectivity index (χ0) is 20.0. The van der Waals surface area contributed by atoms with Crippen LogP contribution >= 0.6 is 11.6 Å². The molecule has 0 fully saturated rings. The van der Waals surface area contributed by atoms with E-state index in [-0.39, 0.29) is 22.8 Å². The zero-order valence-electron chi connectivity index (χ0n) is 14.6. The second-order valence-electron chi connectivity index (χ2n) is 5.53. The number of hydrogen-bond acceptors (Lipinski definition) is 6. The molecule has 2 aromatic carbocycles. The van der Waals surface area contributed by atoms with Gasteiger partial charge in [-0.15, -0.1) is 0 Å². The number of carbonyl (C=O) groups excluding carboxylic acids is 2. The molecule has 0 heterocycles. The molecule has 1 N–H and O–H groups in total. The molecule has 9 heteroatoms. The zero-order valence-corrected chi connectivity index (χ0v) is 15.4. The van der Waals surface area contributed by atoms with Crippen LogP contribution in [0.4, 0.5) is 5.69 Å². The lowest BCUT2D eigenvalue weighted by Crippen LogP contribution is -2.35. The standard InChI is InChI=1S/C18H17ClN2O6/c1-11(17(22)20-10-12-3-6-14(26-2)7-4-12)27-18(23)15-8-5-13(21(24)25)9-16(15)19/h3-9,11H,10H2,1-2H3,(H,20,22)/t11-/m1/s1. The summed E-state index contributed by atoms with van der Waals surface area (Å²) in [6.07, 6.45) is -1.07. The fourth-order valence-corrected chi connectivity index (χ4v) is 2.39. The van der Waals surface area contributed by atoms with E-state index in [9.17, 15) is 19.7 Å². The number of ether oxygens (including phenoxy) is 2. The molecule has 0 bridgehead atoms. The average molecular weight is 393 g/mol. The Balaban J connectivity index is 1.93. The highest BCUT2D eigenvalue weighted by Gasteiger charge is 2.21. The molecule has 0 spiro atoms. The van der Waals surface area contributed by atoms with Gasteiger partial charge in [0.2, 0.25) is 0 Å². The molecule has 27 heavy (non-hydrogen) atoms. The number of benzene rings is 2. The molecule has 1 atom stereocenters. The fraction of sp³-hybridized carbons (Fsp3) is 0.222. The van der Waals surface area contributed by atoms with Crippen molar-refractivity contribution >= 4 is 29.2 Å². The van der Waals surface area contributed by atoms with Gasteiger partial charge < -0.3 is 14.8 Å². The van der Waals surface area contributed by atoms with Gasteiger partial charge in [0.1, 0.15) is 5.75 Å². The summed E-state index contributed by atoms with van der Waals surface area (Å²) >= 11 is 5.88. The Hall–Kier alpha value is -3.13. The highest BCUT2D eigenvalue weighted by Crippen LogP contribution is 2.23. The van der Waals surface area contributed by atoms with Crippen LogP contribution in [0.3, 0.4) is 0 Å². The molecule has 0 unspecified atom stereocenters. The van der Waals surface area contributed by atoms with Crippen molar-refractivity contribution < 1.29 is 24.0 Å². The van der Waals surface area contributed by atoms with Crippen LogP contribution in [-0.2, 0) is 16.1 Å². The van der Waals surface area contributed by atoms with E-state index < -0.39 is 22.9 Å². The predicted molar refractivity (Wildman–Crippen MR) is 97.8 cm³/mol. The Labute approximate surface area is 160 Å². The minimum absolute atomic E-state index is 0.0583. The molecule has 0 saturated carbocycles. The normalized spacial score (nSPS) is 11.4. The second kappa shape index (κ2) is 9.00. The number of hydrogen-bond donors (Lipinski definition) is 1. The topological polar surface area (TPSA) is 108 Å². The fourth-order valence-electron chi connectivity index (χ4n) is 2.14. The molecule has 1 amide bonds. The predicted octanol–water partition coefficient (Wildman–Crippen LogP) is 3.12. The molecular weight excluding hydrogens is 376 g/mol. The van der Waals surface area contributed by atoms with Crippen LogP contribution in [0.1, 0.15) is 22.8 Å². The second-order valence-corrected chi connectivity index (χ2v) is 5.94. The Kier molecular flexibility index (Phi) is 6.73. The largest absolute Gasteiger partial charge is 0.497 e. The number of carbonyl (C=O) groups is 2. The Morgan fingerprint density at radius 1 is 1.22 bits per heavy atom. The van der Waals surface area contributed by atoms with Crippen LogP contribution in [0.5, 0.6) is 5.75 Å². The molecule has 0 radical (unpaired) electrons. The van der Waals surface area contributed by atoms with Gasteiger partial charge in [-0.25, -0.2) is 4.79 Å². The van der Waals surface area contributed by atoms with Crippen molar-refractivity contribution in [2.75, 3.05) is 7.11 Å². The molecule has 2 aromatic rings. The molecular formula is C18H17ClN2O6. The number of nitro benzene ring substituents is 1. The number of halogens is 1. The summed E-state index contributed by atoms with van der Waals surface area (Å²) in [7, 11) is 1.56. The lowest BCUT2D eigenvalue weighted by molar-refractivity contribution is -0.384. The summed E-state index contributed by atoms with van der Waals surface area (Å²) in [5.74, 6) is -0.633. The third kappa shape index (κ3) is 5.42. The lowest BCUT2D eigenvalue weighted by Gasteiger charge is -2.14. The summed E-state index contributed by atoms with van der Waals surface area (Å²) in [5.41, 5.74) is 0.542. The molecule has 8 nitrogen and oxygen atoms in total. The maximum Gasteiger partial charge on any atom is 0.340 e. The minimum atomic E-state index is -1.07. The van der Waals surface area contributed by atoms with Gasteiger partial charge in [0, 0.05) is 18.7 Å². The third-order valence-electron chi connectivity index (χ3n) is 3.66. The van der Waals surface area contributed by atoms with Crippen molar-refractivity contribution in [2.24, 2.45) is 0 Å². The summed E-state index contributed by atoms with van der Waals surface area (Å²) in [5, 5.41) is 13.2. The summed E-state index contributed by atoms with van der Waals surface area (Å²) in [4.78, 5) is 34.3. The van der Waals surface area contributed by atoms with Gasteiger partial charge in [-0.05, 0) is 30.7 Å². The summed E-state index contributed by atoms with van der Waals surface area (Å²) in [6, 6.07) is 10.5. The number of methoxy groups -OCH3 is 1. The number of non-ortho nitro benzene ring substituents is 1. The van der Waals surface area contributed by atoms with Gasteiger partial charge in [0.25, 0.3) is 11.6 Å². The molecule has 0 aliphatic carbocycles. The van der Waals surface area contributed by atoms with Crippen LogP contribution in [0.2, 0.25) is 5.02 Å². The Morgan fingerprint density at radius 2 is 1.89 bits per heavy atom. The first-order valence-corrected chi connectivity index (χ1v) is 8.25. The van der Waals surface area contributed by atoms with E-state index in [1.165, 1.54) is 13.0 Å². The summed E-state index contributed by atoms with van der Waals surface area (Å²) in [6.45, 7) is 1.67. The van der Waals surface area contributed by atoms with Gasteiger partial charge in [-0.2, -0.15) is 0 Å². The highest BCUT2D eigenvalue weighted by molar-refractivity contribution is 6.33. The monoisotopic (exact) mass is 392 g/mol. The van der Waals surface area contributed by atoms with E-state index in [1.54, 1.807) is 31.4 Å². The first kappa shape index (κ1) is 20.2. The minimum Gasteiger partial charge on any atom is -0.497 e. The lowest BCUT2D eigenvalue weighted by atomic mass is 10.2. The first-order valence-electron chi connectivity index (χ1n) is 7.87. The number of nitro groups is 1. The van der Waals surface area contributed by atoms with Crippen LogP contribution < -0.4 is 10.1 Å². The average Bonchev–Trinajstić information content (AvgIpc) is 2.66. The SMILES string of the molecule is COc1ccc(CNC(=O)[C@@H](C)OC(=O)c2ccc([N+](=O)[O-])cc2Cl)cc1. The number of rotatable bonds is 7. The Bertz CT molecular complexity index is 853. The van der Waals surface area contributed by atoms with Crippen LogP contribution in [0.15, 0.2) is 42.5 Å². The molecule has 0 aliphatic heterocycles. The van der Waals surface area contributed by atoms with Crippen LogP contribution in [0, 0.1) is 10.1 Å². The number of nitrogens with zero attached hydrogens (tertiary/aromatic N) is 1. The van der Waals surface area contributed by atoms with Crippen LogP contribution in [0.25, 0.3) is 0 Å². The van der Waals surface area contributed by atoms with Gasteiger partial charge in [-0.3, -0.25) is 14.9 Å². The smallest absolute Gasteiger partial charge is 0.340 e. The number of nitrogens with one attached hydrogen (secondary N) is 1. The van der Waals surface area contributed by atoms with Crippen molar-refractivity contribution in [1.29, 1.82) is 0 Å².